The predicted molar refractivity (Wildman–Crippen MR) is 115 cm³/mol. The second-order valence-corrected chi connectivity index (χ2v) is 10.4. The van der Waals surface area contributed by atoms with Gasteiger partial charge in [-0.3, -0.25) is 9.10 Å². The lowest BCUT2D eigenvalue weighted by Gasteiger charge is -2.35. The quantitative estimate of drug-likeness (QED) is 0.831. The summed E-state index contributed by atoms with van der Waals surface area (Å²) >= 11 is 0. The van der Waals surface area contributed by atoms with Crippen LogP contribution in [-0.2, 0) is 26.8 Å². The summed E-state index contributed by atoms with van der Waals surface area (Å²) in [4.78, 5) is 12.7. The fraction of sp³-hybridized carbons (Fsp3) is 0.409. The summed E-state index contributed by atoms with van der Waals surface area (Å²) in [5.74, 6) is 0.0519. The Morgan fingerprint density at radius 3 is 2.55 bits per heavy atom. The number of nitrogens with zero attached hydrogens (tertiary/aromatic N) is 1. The van der Waals surface area contributed by atoms with Crippen molar-refractivity contribution in [1.82, 2.24) is 5.32 Å². The molecule has 0 aromatic heterocycles. The first-order valence-corrected chi connectivity index (χ1v) is 11.4. The van der Waals surface area contributed by atoms with E-state index in [1.165, 1.54) is 4.31 Å². The number of rotatable bonds is 4. The molecule has 0 spiro atoms. The van der Waals surface area contributed by atoms with Crippen LogP contribution in [0.25, 0.3) is 0 Å². The third-order valence-corrected chi connectivity index (χ3v) is 6.08. The van der Waals surface area contributed by atoms with E-state index in [0.717, 1.165) is 22.9 Å². The van der Waals surface area contributed by atoms with Crippen molar-refractivity contribution in [3.05, 3.63) is 59.2 Å². The van der Waals surface area contributed by atoms with Crippen molar-refractivity contribution in [3.8, 4) is 5.75 Å². The standard InChI is InChI=1S/C22H28N2O4S/c1-15-7-6-8-16(11-15)13-23-21(25)20-14-24(29(5,26)27)18-12-17(22(2,3)4)9-10-19(18)28-20/h6-12,20H,13-14H2,1-5H3,(H,23,25). The van der Waals surface area contributed by atoms with E-state index in [1.807, 2.05) is 43.3 Å². The number of benzene rings is 2. The average Bonchev–Trinajstić information content (AvgIpc) is 2.63. The molecular formula is C22H28N2O4S. The molecule has 1 N–H and O–H groups in total. The van der Waals surface area contributed by atoms with E-state index in [9.17, 15) is 13.2 Å². The number of aryl methyl sites for hydroxylation is 1. The number of nitrogens with one attached hydrogen (secondary N) is 1. The van der Waals surface area contributed by atoms with Crippen molar-refractivity contribution in [2.45, 2.75) is 45.8 Å². The van der Waals surface area contributed by atoms with Crippen molar-refractivity contribution >= 4 is 21.6 Å². The number of ether oxygens (including phenoxy) is 1. The summed E-state index contributed by atoms with van der Waals surface area (Å²) in [6.07, 6.45) is 0.232. The molecular weight excluding hydrogens is 388 g/mol. The van der Waals surface area contributed by atoms with E-state index in [1.54, 1.807) is 6.07 Å². The van der Waals surface area contributed by atoms with E-state index in [2.05, 4.69) is 26.1 Å². The first-order valence-electron chi connectivity index (χ1n) is 9.57. The number of fused-ring (bicyclic) bond motifs is 1. The van der Waals surface area contributed by atoms with E-state index >= 15 is 0 Å². The van der Waals surface area contributed by atoms with Crippen LogP contribution in [0.2, 0.25) is 0 Å². The summed E-state index contributed by atoms with van der Waals surface area (Å²) in [5.41, 5.74) is 3.42. The molecule has 1 aliphatic rings. The summed E-state index contributed by atoms with van der Waals surface area (Å²) < 4.78 is 32.0. The Labute approximate surface area is 172 Å². The van der Waals surface area contributed by atoms with E-state index < -0.39 is 16.1 Å². The molecule has 0 bridgehead atoms. The lowest BCUT2D eigenvalue weighted by atomic mass is 9.86. The summed E-state index contributed by atoms with van der Waals surface area (Å²) in [7, 11) is -3.57. The smallest absolute Gasteiger partial charge is 0.263 e. The number of anilines is 1. The Balaban J connectivity index is 1.84. The molecule has 6 nitrogen and oxygen atoms in total. The van der Waals surface area contributed by atoms with Gasteiger partial charge in [-0.1, -0.05) is 56.7 Å². The number of carbonyl (C=O) groups excluding carboxylic acids is 1. The van der Waals surface area contributed by atoms with Crippen molar-refractivity contribution in [2.75, 3.05) is 17.1 Å². The van der Waals surface area contributed by atoms with Gasteiger partial charge in [0.1, 0.15) is 5.75 Å². The van der Waals surface area contributed by atoms with Gasteiger partial charge in [0.2, 0.25) is 10.0 Å². The van der Waals surface area contributed by atoms with Crippen LogP contribution in [0.3, 0.4) is 0 Å². The van der Waals surface area contributed by atoms with Gasteiger partial charge in [-0.05, 0) is 35.6 Å². The molecule has 0 radical (unpaired) electrons. The third-order valence-electron chi connectivity index (χ3n) is 4.94. The summed E-state index contributed by atoms with van der Waals surface area (Å²) in [5, 5.41) is 2.85. The maximum Gasteiger partial charge on any atom is 0.263 e. The summed E-state index contributed by atoms with van der Waals surface area (Å²) in [6.45, 7) is 8.47. The molecule has 0 fully saturated rings. The molecule has 1 atom stereocenters. The molecule has 0 saturated heterocycles. The molecule has 3 rings (SSSR count). The van der Waals surface area contributed by atoms with Crippen molar-refractivity contribution in [1.29, 1.82) is 0 Å². The monoisotopic (exact) mass is 416 g/mol. The van der Waals surface area contributed by atoms with Crippen LogP contribution in [0.4, 0.5) is 5.69 Å². The molecule has 1 aliphatic heterocycles. The molecule has 156 valence electrons. The highest BCUT2D eigenvalue weighted by atomic mass is 32.2. The second-order valence-electron chi connectivity index (χ2n) is 8.54. The highest BCUT2D eigenvalue weighted by molar-refractivity contribution is 7.92. The maximum atomic E-state index is 12.7. The highest BCUT2D eigenvalue weighted by Gasteiger charge is 2.35. The summed E-state index contributed by atoms with van der Waals surface area (Å²) in [6, 6.07) is 13.3. The first-order chi connectivity index (χ1) is 13.4. The van der Waals surface area contributed by atoms with Gasteiger partial charge in [-0.25, -0.2) is 8.42 Å². The Kier molecular flexibility index (Phi) is 5.63. The van der Waals surface area contributed by atoms with Crippen LogP contribution in [0, 0.1) is 6.92 Å². The average molecular weight is 417 g/mol. The fourth-order valence-electron chi connectivity index (χ4n) is 3.29. The first kappa shape index (κ1) is 21.2. The molecule has 1 unspecified atom stereocenters. The topological polar surface area (TPSA) is 75.7 Å². The minimum atomic E-state index is -3.57. The van der Waals surface area contributed by atoms with Gasteiger partial charge in [0.25, 0.3) is 5.91 Å². The SMILES string of the molecule is Cc1cccc(CNC(=O)C2CN(S(C)(=O)=O)c3cc(C(C)(C)C)ccc3O2)c1. The van der Waals surface area contributed by atoms with Crippen LogP contribution < -0.4 is 14.4 Å². The zero-order valence-electron chi connectivity index (χ0n) is 17.5. The van der Waals surface area contributed by atoms with Crippen LogP contribution in [0.5, 0.6) is 5.75 Å². The van der Waals surface area contributed by atoms with E-state index in [4.69, 9.17) is 4.74 Å². The molecule has 1 heterocycles. The Bertz CT molecular complexity index is 1030. The second kappa shape index (κ2) is 7.71. The van der Waals surface area contributed by atoms with Gasteiger partial charge in [0.05, 0.1) is 18.5 Å². The lowest BCUT2D eigenvalue weighted by molar-refractivity contribution is -0.127. The number of hydrogen-bond donors (Lipinski definition) is 1. The number of sulfonamides is 1. The fourth-order valence-corrected chi connectivity index (χ4v) is 4.20. The number of amides is 1. The largest absolute Gasteiger partial charge is 0.476 e. The predicted octanol–water partition coefficient (Wildman–Crippen LogP) is 3.14. The van der Waals surface area contributed by atoms with Crippen molar-refractivity contribution in [3.63, 3.8) is 0 Å². The number of carbonyl (C=O) groups is 1. The molecule has 2 aromatic carbocycles. The molecule has 29 heavy (non-hydrogen) atoms. The van der Waals surface area contributed by atoms with Crippen LogP contribution >= 0.6 is 0 Å². The normalized spacial score (nSPS) is 16.7. The lowest BCUT2D eigenvalue weighted by Crippen LogP contribution is -2.50. The number of hydrogen-bond acceptors (Lipinski definition) is 4. The van der Waals surface area contributed by atoms with Gasteiger partial charge >= 0.3 is 0 Å². The Morgan fingerprint density at radius 2 is 1.93 bits per heavy atom. The molecule has 2 aromatic rings. The third kappa shape index (κ3) is 4.90. The minimum absolute atomic E-state index is 0.0565. The van der Waals surface area contributed by atoms with Gasteiger partial charge in [0.15, 0.2) is 6.10 Å². The van der Waals surface area contributed by atoms with Crippen LogP contribution in [0.1, 0.15) is 37.5 Å². The van der Waals surface area contributed by atoms with E-state index in [-0.39, 0.29) is 17.9 Å². The zero-order valence-corrected chi connectivity index (χ0v) is 18.3. The Hall–Kier alpha value is -2.54. The van der Waals surface area contributed by atoms with E-state index in [0.29, 0.717) is 18.0 Å². The van der Waals surface area contributed by atoms with Crippen molar-refractivity contribution < 1.29 is 17.9 Å². The molecule has 0 aliphatic carbocycles. The van der Waals surface area contributed by atoms with Crippen LogP contribution in [0.15, 0.2) is 42.5 Å². The van der Waals surface area contributed by atoms with Gasteiger partial charge in [-0.2, -0.15) is 0 Å². The Morgan fingerprint density at radius 1 is 1.21 bits per heavy atom. The molecule has 1 amide bonds. The van der Waals surface area contributed by atoms with Gasteiger partial charge in [0, 0.05) is 6.54 Å². The van der Waals surface area contributed by atoms with Gasteiger partial charge in [-0.15, -0.1) is 0 Å². The zero-order chi connectivity index (χ0) is 21.4. The van der Waals surface area contributed by atoms with Crippen molar-refractivity contribution in [2.24, 2.45) is 0 Å². The van der Waals surface area contributed by atoms with Crippen LogP contribution in [-0.4, -0.2) is 33.2 Å². The van der Waals surface area contributed by atoms with Gasteiger partial charge < -0.3 is 10.1 Å². The molecule has 7 heteroatoms. The molecule has 0 saturated carbocycles. The minimum Gasteiger partial charge on any atom is -0.476 e. The maximum absolute atomic E-state index is 12.7. The highest BCUT2D eigenvalue weighted by Crippen LogP contribution is 2.38.